The van der Waals surface area contributed by atoms with Crippen molar-refractivity contribution in [2.45, 2.75) is 32.2 Å². The summed E-state index contributed by atoms with van der Waals surface area (Å²) >= 11 is 5.27. The zero-order valence-electron chi connectivity index (χ0n) is 15.8. The van der Waals surface area contributed by atoms with E-state index < -0.39 is 0 Å². The molecule has 3 aromatic rings. The summed E-state index contributed by atoms with van der Waals surface area (Å²) in [6, 6.07) is 17.9. The molecule has 0 unspecified atom stereocenters. The number of para-hydroxylation sites is 1. The van der Waals surface area contributed by atoms with Gasteiger partial charge in [-0.2, -0.15) is 0 Å². The Morgan fingerprint density at radius 2 is 1.93 bits per heavy atom. The van der Waals surface area contributed by atoms with Crippen LogP contribution < -0.4 is 15.5 Å². The Morgan fingerprint density at radius 3 is 2.68 bits per heavy atom. The minimum atomic E-state index is -0.368. The molecule has 0 radical (unpaired) electrons. The summed E-state index contributed by atoms with van der Waals surface area (Å²) in [5.74, 6) is -0.132. The maximum Gasteiger partial charge on any atom is 0.293 e. The van der Waals surface area contributed by atoms with E-state index in [0.29, 0.717) is 11.6 Å². The molecule has 0 aliphatic carbocycles. The third kappa shape index (κ3) is 4.02. The van der Waals surface area contributed by atoms with Gasteiger partial charge in [-0.3, -0.25) is 10.1 Å². The first-order valence-corrected chi connectivity index (χ1v) is 9.98. The van der Waals surface area contributed by atoms with Crippen molar-refractivity contribution in [1.82, 2.24) is 5.32 Å². The van der Waals surface area contributed by atoms with Crippen LogP contribution in [0.25, 0.3) is 11.0 Å². The van der Waals surface area contributed by atoms with E-state index >= 15 is 0 Å². The lowest BCUT2D eigenvalue weighted by Gasteiger charge is -2.35. The first-order chi connectivity index (χ1) is 13.6. The fraction of sp³-hybridized carbons (Fsp3) is 0.273. The largest absolute Gasteiger partial charge is 0.451 e. The predicted molar refractivity (Wildman–Crippen MR) is 117 cm³/mol. The number of fused-ring (bicyclic) bond motifs is 1. The predicted octanol–water partition coefficient (Wildman–Crippen LogP) is 4.94. The van der Waals surface area contributed by atoms with Gasteiger partial charge >= 0.3 is 0 Å². The van der Waals surface area contributed by atoms with Crippen LogP contribution >= 0.6 is 12.2 Å². The molecule has 6 heteroatoms. The van der Waals surface area contributed by atoms with Crippen molar-refractivity contribution in [3.8, 4) is 0 Å². The molecule has 28 heavy (non-hydrogen) atoms. The molecular formula is C22H23N3O2S. The Kier molecular flexibility index (Phi) is 5.30. The number of hydrogen-bond donors (Lipinski definition) is 2. The van der Waals surface area contributed by atoms with Gasteiger partial charge in [0.1, 0.15) is 5.58 Å². The number of piperidine rings is 1. The highest BCUT2D eigenvalue weighted by atomic mass is 32.1. The first-order valence-electron chi connectivity index (χ1n) is 9.58. The lowest BCUT2D eigenvalue weighted by Crippen LogP contribution is -2.37. The smallest absolute Gasteiger partial charge is 0.293 e. The van der Waals surface area contributed by atoms with Crippen LogP contribution in [0.15, 0.2) is 59.0 Å². The van der Waals surface area contributed by atoms with Crippen molar-refractivity contribution in [3.05, 3.63) is 60.4 Å². The van der Waals surface area contributed by atoms with Crippen molar-refractivity contribution in [1.29, 1.82) is 0 Å². The van der Waals surface area contributed by atoms with Gasteiger partial charge in [0.05, 0.1) is 0 Å². The molecular weight excluding hydrogens is 370 g/mol. The van der Waals surface area contributed by atoms with Crippen molar-refractivity contribution in [2.75, 3.05) is 16.8 Å². The van der Waals surface area contributed by atoms with Gasteiger partial charge in [-0.1, -0.05) is 18.2 Å². The van der Waals surface area contributed by atoms with Gasteiger partial charge in [0.15, 0.2) is 10.9 Å². The van der Waals surface area contributed by atoms with Gasteiger partial charge < -0.3 is 14.6 Å². The molecule has 1 aromatic heterocycles. The normalized spacial score (nSPS) is 16.8. The number of carbonyl (C=O) groups excluding carboxylic acids is 1. The van der Waals surface area contributed by atoms with Crippen molar-refractivity contribution >= 4 is 45.6 Å². The highest BCUT2D eigenvalue weighted by Gasteiger charge is 2.18. The maximum absolute atomic E-state index is 12.4. The number of nitrogens with one attached hydrogen (secondary N) is 2. The molecule has 1 amide bonds. The lowest BCUT2D eigenvalue weighted by molar-refractivity contribution is 0.0953. The van der Waals surface area contributed by atoms with Crippen molar-refractivity contribution < 1.29 is 9.21 Å². The second-order valence-corrected chi connectivity index (χ2v) is 7.55. The second-order valence-electron chi connectivity index (χ2n) is 7.14. The number of hydrogen-bond acceptors (Lipinski definition) is 4. The van der Waals surface area contributed by atoms with E-state index in [-0.39, 0.29) is 16.8 Å². The van der Waals surface area contributed by atoms with Gasteiger partial charge in [0.25, 0.3) is 5.91 Å². The van der Waals surface area contributed by atoms with Gasteiger partial charge in [-0.05, 0) is 74.8 Å². The summed E-state index contributed by atoms with van der Waals surface area (Å²) in [7, 11) is 0. The third-order valence-corrected chi connectivity index (χ3v) is 5.34. The third-order valence-electron chi connectivity index (χ3n) is 5.14. The topological polar surface area (TPSA) is 57.5 Å². The van der Waals surface area contributed by atoms with Gasteiger partial charge in [0, 0.05) is 29.3 Å². The van der Waals surface area contributed by atoms with Gasteiger partial charge in [-0.25, -0.2) is 0 Å². The Hall–Kier alpha value is -2.86. The summed E-state index contributed by atoms with van der Waals surface area (Å²) in [6.45, 7) is 3.37. The number of rotatable bonds is 3. The van der Waals surface area contributed by atoms with Crippen LogP contribution in [-0.2, 0) is 0 Å². The molecule has 2 heterocycles. The number of carbonyl (C=O) groups is 1. The van der Waals surface area contributed by atoms with Crippen LogP contribution in [0.4, 0.5) is 11.4 Å². The number of thiocarbonyl (C=S) groups is 1. The summed E-state index contributed by atoms with van der Waals surface area (Å²) < 4.78 is 5.57. The van der Waals surface area contributed by atoms with Crippen LogP contribution in [0, 0.1) is 0 Å². The van der Waals surface area contributed by atoms with Crippen molar-refractivity contribution in [3.63, 3.8) is 0 Å². The molecule has 5 nitrogen and oxygen atoms in total. The molecule has 1 atom stereocenters. The Bertz CT molecular complexity index is 963. The Labute approximate surface area is 169 Å². The molecule has 1 aliphatic rings. The highest BCUT2D eigenvalue weighted by Crippen LogP contribution is 2.25. The molecule has 0 bridgehead atoms. The van der Waals surface area contributed by atoms with Crippen LogP contribution in [-0.4, -0.2) is 23.6 Å². The number of benzene rings is 2. The second kappa shape index (κ2) is 8.02. The molecule has 0 spiro atoms. The monoisotopic (exact) mass is 393 g/mol. The molecule has 0 saturated carbocycles. The van der Waals surface area contributed by atoms with E-state index in [0.717, 1.165) is 17.6 Å². The molecule has 4 rings (SSSR count). The van der Waals surface area contributed by atoms with Gasteiger partial charge in [0.2, 0.25) is 0 Å². The minimum Gasteiger partial charge on any atom is -0.451 e. The summed E-state index contributed by atoms with van der Waals surface area (Å²) in [4.78, 5) is 14.8. The van der Waals surface area contributed by atoms with Crippen LogP contribution in [0.1, 0.15) is 36.7 Å². The molecule has 2 aromatic carbocycles. The number of nitrogens with zero attached hydrogens (tertiary/aromatic N) is 1. The number of anilines is 2. The molecule has 1 saturated heterocycles. The number of furan rings is 1. The standard InChI is InChI=1S/C22H23N3O2S/c1-15-6-4-5-13-25(15)18-11-9-17(10-12-18)23-22(28)24-21(26)20-14-16-7-2-3-8-19(16)27-20/h2-3,7-12,14-15H,4-6,13H2,1H3,(H2,23,24,26,28)/t15-/m0/s1. The molecule has 2 N–H and O–H groups in total. The zero-order chi connectivity index (χ0) is 19.5. The fourth-order valence-electron chi connectivity index (χ4n) is 3.64. The average molecular weight is 394 g/mol. The van der Waals surface area contributed by atoms with E-state index in [1.165, 1.54) is 24.9 Å². The quantitative estimate of drug-likeness (QED) is 0.618. The fourth-order valence-corrected chi connectivity index (χ4v) is 3.85. The van der Waals surface area contributed by atoms with E-state index in [1.807, 2.05) is 36.4 Å². The Morgan fingerprint density at radius 1 is 1.14 bits per heavy atom. The van der Waals surface area contributed by atoms with E-state index in [1.54, 1.807) is 6.07 Å². The summed E-state index contributed by atoms with van der Waals surface area (Å²) in [5.41, 5.74) is 2.73. The molecule has 1 aliphatic heterocycles. The van der Waals surface area contributed by atoms with E-state index in [2.05, 4.69) is 34.6 Å². The van der Waals surface area contributed by atoms with E-state index in [4.69, 9.17) is 16.6 Å². The number of amides is 1. The SMILES string of the molecule is C[C@H]1CCCCN1c1ccc(NC(=S)NC(=O)c2cc3ccccc3o2)cc1. The lowest BCUT2D eigenvalue weighted by atomic mass is 10.0. The Balaban J connectivity index is 1.37. The van der Waals surface area contributed by atoms with Crippen LogP contribution in [0.3, 0.4) is 0 Å². The molecule has 1 fully saturated rings. The zero-order valence-corrected chi connectivity index (χ0v) is 16.6. The van der Waals surface area contributed by atoms with E-state index in [9.17, 15) is 4.79 Å². The van der Waals surface area contributed by atoms with Crippen molar-refractivity contribution in [2.24, 2.45) is 0 Å². The summed E-state index contributed by atoms with van der Waals surface area (Å²) in [5, 5.41) is 6.85. The minimum absolute atomic E-state index is 0.236. The molecule has 144 valence electrons. The first kappa shape index (κ1) is 18.5. The van der Waals surface area contributed by atoms with Gasteiger partial charge in [-0.15, -0.1) is 0 Å². The van der Waals surface area contributed by atoms with Crippen LogP contribution in [0.2, 0.25) is 0 Å². The summed E-state index contributed by atoms with van der Waals surface area (Å²) in [6.07, 6.45) is 3.77. The highest BCUT2D eigenvalue weighted by molar-refractivity contribution is 7.80. The average Bonchev–Trinajstić information content (AvgIpc) is 3.13. The van der Waals surface area contributed by atoms with Crippen LogP contribution in [0.5, 0.6) is 0 Å². The maximum atomic E-state index is 12.4.